The van der Waals surface area contributed by atoms with E-state index >= 15 is 0 Å². The number of rotatable bonds is 4. The molecule has 4 atom stereocenters. The van der Waals surface area contributed by atoms with Gasteiger partial charge < -0.3 is 4.74 Å². The van der Waals surface area contributed by atoms with Gasteiger partial charge in [-0.3, -0.25) is 5.43 Å². The minimum Gasteiger partial charge on any atom is -0.378 e. The van der Waals surface area contributed by atoms with Gasteiger partial charge >= 0.3 is 0 Å². The fourth-order valence-electron chi connectivity index (χ4n) is 3.41. The Labute approximate surface area is 112 Å². The summed E-state index contributed by atoms with van der Waals surface area (Å²) in [7, 11) is 0. The maximum absolute atomic E-state index is 5.83. The molecule has 2 aliphatic heterocycles. The molecule has 18 heavy (non-hydrogen) atoms. The Kier molecular flexibility index (Phi) is 5.46. The molecule has 2 aliphatic rings. The molecule has 2 rings (SSSR count). The summed E-state index contributed by atoms with van der Waals surface area (Å²) in [6.45, 7) is 7.88. The maximum Gasteiger partial charge on any atom is 0.0590 e. The predicted molar refractivity (Wildman–Crippen MR) is 75.4 cm³/mol. The SMILES string of the molecule is CCCC1CC(NN2C(C)CCCC2C)CCO1. The maximum atomic E-state index is 5.83. The van der Waals surface area contributed by atoms with E-state index in [1.807, 2.05) is 0 Å². The summed E-state index contributed by atoms with van der Waals surface area (Å²) in [5.74, 6) is 0. The average Bonchev–Trinajstić information content (AvgIpc) is 2.35. The monoisotopic (exact) mass is 254 g/mol. The Bertz CT molecular complexity index is 235. The van der Waals surface area contributed by atoms with E-state index in [-0.39, 0.29) is 0 Å². The van der Waals surface area contributed by atoms with Crippen molar-refractivity contribution in [3.63, 3.8) is 0 Å². The van der Waals surface area contributed by atoms with Gasteiger partial charge in [-0.2, -0.15) is 0 Å². The molecule has 106 valence electrons. The van der Waals surface area contributed by atoms with E-state index < -0.39 is 0 Å². The first-order valence-corrected chi connectivity index (χ1v) is 7.86. The Morgan fingerprint density at radius 1 is 1.17 bits per heavy atom. The molecule has 0 bridgehead atoms. The zero-order valence-electron chi connectivity index (χ0n) is 12.3. The minimum atomic E-state index is 0.483. The molecule has 0 radical (unpaired) electrons. The third kappa shape index (κ3) is 3.69. The predicted octanol–water partition coefficient (Wildman–Crippen LogP) is 3.10. The Hall–Kier alpha value is -0.120. The van der Waals surface area contributed by atoms with E-state index in [4.69, 9.17) is 4.74 Å². The lowest BCUT2D eigenvalue weighted by molar-refractivity contribution is -0.0395. The lowest BCUT2D eigenvalue weighted by Gasteiger charge is -2.43. The van der Waals surface area contributed by atoms with Crippen molar-refractivity contribution >= 4 is 0 Å². The first-order valence-electron chi connectivity index (χ1n) is 7.86. The molecule has 3 heteroatoms. The molecule has 2 heterocycles. The number of hydrogen-bond donors (Lipinski definition) is 1. The molecule has 2 saturated heterocycles. The summed E-state index contributed by atoms with van der Waals surface area (Å²) in [6.07, 6.45) is 9.32. The van der Waals surface area contributed by atoms with Crippen LogP contribution in [0.25, 0.3) is 0 Å². The van der Waals surface area contributed by atoms with Gasteiger partial charge in [0.15, 0.2) is 0 Å². The zero-order chi connectivity index (χ0) is 13.0. The van der Waals surface area contributed by atoms with E-state index in [1.165, 1.54) is 38.5 Å². The summed E-state index contributed by atoms with van der Waals surface area (Å²) in [6, 6.07) is 1.99. The molecule has 0 aromatic heterocycles. The fraction of sp³-hybridized carbons (Fsp3) is 1.00. The van der Waals surface area contributed by atoms with Gasteiger partial charge in [0, 0.05) is 24.7 Å². The van der Waals surface area contributed by atoms with E-state index in [1.54, 1.807) is 0 Å². The van der Waals surface area contributed by atoms with Gasteiger partial charge in [-0.1, -0.05) is 19.8 Å². The first kappa shape index (κ1) is 14.3. The zero-order valence-corrected chi connectivity index (χ0v) is 12.3. The van der Waals surface area contributed by atoms with E-state index in [2.05, 4.69) is 31.2 Å². The third-order valence-electron chi connectivity index (χ3n) is 4.50. The van der Waals surface area contributed by atoms with Gasteiger partial charge in [0.05, 0.1) is 6.10 Å². The quantitative estimate of drug-likeness (QED) is 0.834. The largest absolute Gasteiger partial charge is 0.378 e. The third-order valence-corrected chi connectivity index (χ3v) is 4.50. The Morgan fingerprint density at radius 2 is 1.89 bits per heavy atom. The molecule has 4 unspecified atom stereocenters. The van der Waals surface area contributed by atoms with Crippen molar-refractivity contribution in [3.8, 4) is 0 Å². The van der Waals surface area contributed by atoms with Gasteiger partial charge in [0.1, 0.15) is 0 Å². The molecule has 0 saturated carbocycles. The molecule has 0 aromatic carbocycles. The number of nitrogens with zero attached hydrogens (tertiary/aromatic N) is 1. The highest BCUT2D eigenvalue weighted by molar-refractivity contribution is 4.82. The van der Waals surface area contributed by atoms with Gasteiger partial charge in [-0.15, -0.1) is 0 Å². The average molecular weight is 254 g/mol. The normalized spacial score (nSPS) is 38.8. The second kappa shape index (κ2) is 6.88. The van der Waals surface area contributed by atoms with Gasteiger partial charge in [0.25, 0.3) is 0 Å². The summed E-state index contributed by atoms with van der Waals surface area (Å²) in [5, 5.41) is 2.52. The van der Waals surface area contributed by atoms with Crippen molar-refractivity contribution in [2.75, 3.05) is 6.61 Å². The van der Waals surface area contributed by atoms with E-state index in [9.17, 15) is 0 Å². The number of ether oxygens (including phenoxy) is 1. The van der Waals surface area contributed by atoms with Gasteiger partial charge in [-0.05, 0) is 46.0 Å². The van der Waals surface area contributed by atoms with Crippen molar-refractivity contribution < 1.29 is 4.74 Å². The summed E-state index contributed by atoms with van der Waals surface area (Å²) >= 11 is 0. The lowest BCUT2D eigenvalue weighted by Crippen LogP contribution is -2.57. The molecular formula is C15H30N2O. The fourth-order valence-corrected chi connectivity index (χ4v) is 3.41. The molecular weight excluding hydrogens is 224 g/mol. The van der Waals surface area contributed by atoms with Crippen LogP contribution in [0.3, 0.4) is 0 Å². The minimum absolute atomic E-state index is 0.483. The van der Waals surface area contributed by atoms with Crippen LogP contribution in [-0.4, -0.2) is 35.8 Å². The van der Waals surface area contributed by atoms with Gasteiger partial charge in [-0.25, -0.2) is 5.01 Å². The second-order valence-electron chi connectivity index (χ2n) is 6.17. The van der Waals surface area contributed by atoms with Crippen LogP contribution in [0.2, 0.25) is 0 Å². The Balaban J connectivity index is 1.83. The smallest absolute Gasteiger partial charge is 0.0590 e. The van der Waals surface area contributed by atoms with Crippen LogP contribution >= 0.6 is 0 Å². The van der Waals surface area contributed by atoms with Crippen molar-refractivity contribution in [2.24, 2.45) is 0 Å². The highest BCUT2D eigenvalue weighted by Crippen LogP contribution is 2.23. The molecule has 0 aliphatic carbocycles. The topological polar surface area (TPSA) is 24.5 Å². The number of nitrogens with one attached hydrogen (secondary N) is 1. The van der Waals surface area contributed by atoms with E-state index in [0.717, 1.165) is 13.0 Å². The molecule has 0 aromatic rings. The Morgan fingerprint density at radius 3 is 2.56 bits per heavy atom. The van der Waals surface area contributed by atoms with Crippen molar-refractivity contribution in [2.45, 2.75) is 89.9 Å². The number of hydrazine groups is 1. The number of hydrogen-bond acceptors (Lipinski definition) is 3. The summed E-state index contributed by atoms with van der Waals surface area (Å²) in [5.41, 5.74) is 3.80. The van der Waals surface area contributed by atoms with Crippen molar-refractivity contribution in [1.29, 1.82) is 0 Å². The molecule has 3 nitrogen and oxygen atoms in total. The second-order valence-corrected chi connectivity index (χ2v) is 6.17. The van der Waals surface area contributed by atoms with Crippen molar-refractivity contribution in [3.05, 3.63) is 0 Å². The highest BCUT2D eigenvalue weighted by Gasteiger charge is 2.29. The van der Waals surface area contributed by atoms with Crippen molar-refractivity contribution in [1.82, 2.24) is 10.4 Å². The molecule has 0 amide bonds. The summed E-state index contributed by atoms with van der Waals surface area (Å²) in [4.78, 5) is 0. The standard InChI is InChI=1S/C15H30N2O/c1-4-6-15-11-14(9-10-18-15)16-17-12(2)7-5-8-13(17)3/h12-16H,4-11H2,1-3H3. The van der Waals surface area contributed by atoms with Crippen LogP contribution in [0.5, 0.6) is 0 Å². The number of piperidine rings is 1. The van der Waals surface area contributed by atoms with Gasteiger partial charge in [0.2, 0.25) is 0 Å². The first-order chi connectivity index (χ1) is 8.70. The van der Waals surface area contributed by atoms with E-state index in [0.29, 0.717) is 24.2 Å². The molecule has 0 spiro atoms. The lowest BCUT2D eigenvalue weighted by atomic mass is 9.98. The molecule has 1 N–H and O–H groups in total. The van der Waals surface area contributed by atoms with Crippen LogP contribution in [0.4, 0.5) is 0 Å². The summed E-state index contributed by atoms with van der Waals surface area (Å²) < 4.78 is 5.83. The van der Waals surface area contributed by atoms with Crippen LogP contribution in [0.15, 0.2) is 0 Å². The van der Waals surface area contributed by atoms with Crippen LogP contribution in [0.1, 0.15) is 65.7 Å². The van der Waals surface area contributed by atoms with Crippen LogP contribution in [-0.2, 0) is 4.74 Å². The molecule has 2 fully saturated rings. The highest BCUT2D eigenvalue weighted by atomic mass is 16.5. The van der Waals surface area contributed by atoms with Crippen LogP contribution < -0.4 is 5.43 Å². The van der Waals surface area contributed by atoms with Crippen LogP contribution in [0, 0.1) is 0 Å².